The van der Waals surface area contributed by atoms with Gasteiger partial charge in [0.1, 0.15) is 0 Å². The van der Waals surface area contributed by atoms with E-state index >= 15 is 0 Å². The van der Waals surface area contributed by atoms with E-state index < -0.39 is 20.0 Å². The van der Waals surface area contributed by atoms with Crippen LogP contribution in [0.5, 0.6) is 0 Å². The van der Waals surface area contributed by atoms with Crippen molar-refractivity contribution >= 4 is 20.0 Å². The minimum Gasteiger partial charge on any atom is -1.00 e. The van der Waals surface area contributed by atoms with Gasteiger partial charge in [-0.3, -0.25) is 0 Å². The first-order valence-electron chi connectivity index (χ1n) is 5.30. The maximum atomic E-state index is 11.9. The maximum Gasteiger partial charge on any atom is 1.00 e. The largest absolute Gasteiger partial charge is 1.00 e. The molecule has 0 heterocycles. The summed E-state index contributed by atoms with van der Waals surface area (Å²) in [5.74, 6) is 0. The Morgan fingerprint density at radius 3 is 1.25 bits per heavy atom. The molecule has 0 aromatic heterocycles. The second kappa shape index (κ2) is 6.84. The number of rotatable bonds is 4. The fraction of sp³-hybridized carbons (Fsp3) is 0. The maximum absolute atomic E-state index is 11.9. The van der Waals surface area contributed by atoms with Crippen LogP contribution in [0.15, 0.2) is 70.5 Å². The zero-order chi connectivity index (χ0) is 13.9. The van der Waals surface area contributed by atoms with E-state index in [1.54, 1.807) is 16.3 Å². The molecule has 2 rings (SSSR count). The Morgan fingerprint density at radius 1 is 0.650 bits per heavy atom. The molecule has 0 aliphatic rings. The Kier molecular flexibility index (Phi) is 5.93. The molecule has 0 aliphatic carbocycles. The van der Waals surface area contributed by atoms with Gasteiger partial charge in [-0.25, -0.2) is 16.8 Å². The fourth-order valence-electron chi connectivity index (χ4n) is 1.44. The van der Waals surface area contributed by atoms with E-state index in [1.807, 2.05) is 0 Å². The van der Waals surface area contributed by atoms with Gasteiger partial charge in [0.15, 0.2) is 0 Å². The Balaban J connectivity index is 0.00000200. The smallest absolute Gasteiger partial charge is 1.00 e. The van der Waals surface area contributed by atoms with Crippen molar-refractivity contribution in [1.29, 1.82) is 0 Å². The monoisotopic (exact) mass is 321 g/mol. The summed E-state index contributed by atoms with van der Waals surface area (Å²) in [6.07, 6.45) is 0. The van der Waals surface area contributed by atoms with Gasteiger partial charge in [-0.15, -0.1) is 4.13 Å². The molecule has 5 nitrogen and oxygen atoms in total. The van der Waals surface area contributed by atoms with Crippen molar-refractivity contribution in [2.24, 2.45) is 0 Å². The summed E-state index contributed by atoms with van der Waals surface area (Å²) < 4.78 is 49.4. The van der Waals surface area contributed by atoms with Gasteiger partial charge in [0.2, 0.25) is 0 Å². The van der Waals surface area contributed by atoms with Crippen LogP contribution >= 0.6 is 0 Å². The topological polar surface area (TPSA) is 80.3 Å². The number of nitrogens with one attached hydrogen (secondary N) is 1. The molecule has 1 N–H and O–H groups in total. The van der Waals surface area contributed by atoms with E-state index in [0.717, 1.165) is 0 Å². The molecule has 0 radical (unpaired) electrons. The van der Waals surface area contributed by atoms with Gasteiger partial charge >= 0.3 is 29.6 Å². The van der Waals surface area contributed by atoms with Crippen LogP contribution in [-0.2, 0) is 20.0 Å². The van der Waals surface area contributed by atoms with Crippen LogP contribution < -0.4 is 33.7 Å². The van der Waals surface area contributed by atoms with E-state index in [1.165, 1.54) is 48.5 Å². The molecule has 0 spiro atoms. The van der Waals surface area contributed by atoms with Crippen molar-refractivity contribution in [2.45, 2.75) is 9.79 Å². The molecule has 0 amide bonds. The van der Waals surface area contributed by atoms with E-state index in [2.05, 4.69) is 0 Å². The van der Waals surface area contributed by atoms with Crippen LogP contribution in [0.2, 0.25) is 0 Å². The molecule has 8 heteroatoms. The fourth-order valence-corrected chi connectivity index (χ4v) is 4.40. The minimum absolute atomic E-state index is 0. The Hall–Kier alpha value is -0.700. The van der Waals surface area contributed by atoms with Gasteiger partial charge in [-0.1, -0.05) is 36.4 Å². The van der Waals surface area contributed by atoms with E-state index in [4.69, 9.17) is 0 Å². The number of sulfonamides is 2. The molecule has 0 saturated carbocycles. The Bertz CT molecular complexity index is 698. The van der Waals surface area contributed by atoms with Crippen LogP contribution in [0.4, 0.5) is 0 Å². The molecule has 0 aliphatic heterocycles. The normalized spacial score (nSPS) is 11.6. The van der Waals surface area contributed by atoms with Crippen molar-refractivity contribution in [3.05, 3.63) is 60.7 Å². The summed E-state index contributed by atoms with van der Waals surface area (Å²) in [4.78, 5) is -0.205. The van der Waals surface area contributed by atoms with Gasteiger partial charge in [0.25, 0.3) is 20.0 Å². The second-order valence-corrected chi connectivity index (χ2v) is 7.34. The molecule has 0 unspecified atom stereocenters. The first kappa shape index (κ1) is 17.4. The summed E-state index contributed by atoms with van der Waals surface area (Å²) in [5.41, 5.74) is 0. The third-order valence-corrected chi connectivity index (χ3v) is 5.87. The van der Waals surface area contributed by atoms with Crippen LogP contribution in [-0.4, -0.2) is 16.8 Å². The molecule has 0 saturated heterocycles. The predicted octanol–water partition coefficient (Wildman–Crippen LogP) is -1.53. The molecule has 0 atom stereocenters. The van der Waals surface area contributed by atoms with Crippen molar-refractivity contribution < 1.29 is 47.8 Å². The van der Waals surface area contributed by atoms with Gasteiger partial charge < -0.3 is 1.43 Å². The van der Waals surface area contributed by atoms with Gasteiger partial charge in [-0.2, -0.15) is 0 Å². The average molecular weight is 321 g/mol. The first-order valence-corrected chi connectivity index (χ1v) is 8.27. The van der Waals surface area contributed by atoms with Crippen molar-refractivity contribution in [2.75, 3.05) is 0 Å². The summed E-state index contributed by atoms with van der Waals surface area (Å²) in [6.45, 7) is 0. The summed E-state index contributed by atoms with van der Waals surface area (Å²) in [5, 5.41) is 0. The molecule has 102 valence electrons. The van der Waals surface area contributed by atoms with E-state index in [-0.39, 0.29) is 40.8 Å². The number of hydrogen-bond donors (Lipinski definition) is 1. The van der Waals surface area contributed by atoms with Gasteiger partial charge in [0, 0.05) is 0 Å². The van der Waals surface area contributed by atoms with Crippen molar-refractivity contribution in [1.82, 2.24) is 4.13 Å². The Morgan fingerprint density at radius 2 is 0.950 bits per heavy atom. The van der Waals surface area contributed by atoms with E-state index in [9.17, 15) is 16.8 Å². The van der Waals surface area contributed by atoms with Gasteiger partial charge in [0.05, 0.1) is 9.79 Å². The quantitative estimate of drug-likeness (QED) is 0.693. The number of hydrogen-bond acceptors (Lipinski definition) is 4. The summed E-state index contributed by atoms with van der Waals surface area (Å²) in [6, 6.07) is 14.6. The average Bonchev–Trinajstić information content (AvgIpc) is 2.40. The molecule has 20 heavy (non-hydrogen) atoms. The molecular weight excluding hydrogens is 309 g/mol. The molecule has 0 bridgehead atoms. The summed E-state index contributed by atoms with van der Waals surface area (Å²) in [7, 11) is -8.21. The standard InChI is InChI=1S/C12H11NO4S2.Na.H/c14-18(15,11-7-3-1-4-8-11)13-19(16,17)12-9-5-2-6-10-12;;/h1-10,13H;;/q;+1;-1. The second-order valence-electron chi connectivity index (χ2n) is 3.72. The van der Waals surface area contributed by atoms with Crippen molar-refractivity contribution in [3.8, 4) is 0 Å². The zero-order valence-corrected chi connectivity index (χ0v) is 14.4. The molecular formula is C12H12NNaO4S2. The van der Waals surface area contributed by atoms with E-state index in [0.29, 0.717) is 0 Å². The van der Waals surface area contributed by atoms with Crippen LogP contribution in [0.1, 0.15) is 1.43 Å². The van der Waals surface area contributed by atoms with Crippen LogP contribution in [0.25, 0.3) is 0 Å². The minimum atomic E-state index is -4.10. The molecule has 0 fully saturated rings. The van der Waals surface area contributed by atoms with Crippen LogP contribution in [0, 0.1) is 0 Å². The zero-order valence-electron chi connectivity index (χ0n) is 11.7. The van der Waals surface area contributed by atoms with Crippen LogP contribution in [0.3, 0.4) is 0 Å². The Labute approximate surface area is 141 Å². The first-order chi connectivity index (χ1) is 8.92. The third kappa shape index (κ3) is 4.15. The van der Waals surface area contributed by atoms with Crippen molar-refractivity contribution in [3.63, 3.8) is 0 Å². The number of benzene rings is 2. The summed E-state index contributed by atoms with van der Waals surface area (Å²) >= 11 is 0. The SMILES string of the molecule is O=S(=O)(NS(=O)(=O)c1ccccc1)c1ccccc1.[H-].[Na+]. The predicted molar refractivity (Wildman–Crippen MR) is 71.5 cm³/mol. The third-order valence-electron chi connectivity index (χ3n) is 2.33. The molecule has 2 aromatic carbocycles. The molecule has 2 aromatic rings. The van der Waals surface area contributed by atoms with Gasteiger partial charge in [-0.05, 0) is 24.3 Å².